The van der Waals surface area contributed by atoms with Crippen LogP contribution in [0.4, 0.5) is 0 Å². The van der Waals surface area contributed by atoms with Gasteiger partial charge in [-0.15, -0.1) is 0 Å². The van der Waals surface area contributed by atoms with Crippen molar-refractivity contribution in [1.29, 1.82) is 0 Å². The summed E-state index contributed by atoms with van der Waals surface area (Å²) in [5, 5.41) is 10.4. The zero-order valence-electron chi connectivity index (χ0n) is 12.0. The highest BCUT2D eigenvalue weighted by Gasteiger charge is 2.19. The lowest BCUT2D eigenvalue weighted by atomic mass is 9.98. The number of fused-ring (bicyclic) bond motifs is 1. The molecule has 0 saturated carbocycles. The zero-order valence-corrected chi connectivity index (χ0v) is 12.0. The van der Waals surface area contributed by atoms with Crippen LogP contribution in [-0.4, -0.2) is 18.3 Å². The van der Waals surface area contributed by atoms with Crippen LogP contribution in [0, 0.1) is 0 Å². The van der Waals surface area contributed by atoms with Crippen LogP contribution in [0.25, 0.3) is 0 Å². The molecular weight excluding hydrogens is 264 g/mol. The summed E-state index contributed by atoms with van der Waals surface area (Å²) in [6.07, 6.45) is 2.07. The first-order valence-electron chi connectivity index (χ1n) is 7.45. The molecule has 0 saturated heterocycles. The highest BCUT2D eigenvalue weighted by Crippen LogP contribution is 2.34. The molecule has 0 aromatic heterocycles. The largest absolute Gasteiger partial charge is 0.493 e. The predicted molar refractivity (Wildman–Crippen MR) is 81.8 cm³/mol. The first-order valence-corrected chi connectivity index (χ1v) is 7.45. The second-order valence-electron chi connectivity index (χ2n) is 5.25. The van der Waals surface area contributed by atoms with Crippen LogP contribution >= 0.6 is 0 Å². The minimum atomic E-state index is -0.554. The van der Waals surface area contributed by atoms with E-state index in [0.717, 1.165) is 36.5 Å². The van der Waals surface area contributed by atoms with E-state index >= 15 is 0 Å². The molecule has 0 radical (unpaired) electrons. The van der Waals surface area contributed by atoms with Crippen molar-refractivity contribution in [3.05, 3.63) is 59.7 Å². The van der Waals surface area contributed by atoms with Crippen LogP contribution in [0.5, 0.6) is 11.5 Å². The van der Waals surface area contributed by atoms with Gasteiger partial charge in [0.1, 0.15) is 11.5 Å². The fraction of sp³-hybridized carbons (Fsp3) is 0.333. The number of benzene rings is 2. The van der Waals surface area contributed by atoms with Gasteiger partial charge in [0.25, 0.3) is 0 Å². The van der Waals surface area contributed by atoms with Gasteiger partial charge in [0.2, 0.25) is 0 Å². The van der Waals surface area contributed by atoms with Crippen molar-refractivity contribution >= 4 is 0 Å². The average Bonchev–Trinajstić information content (AvgIpc) is 2.55. The van der Waals surface area contributed by atoms with Gasteiger partial charge < -0.3 is 14.6 Å². The fourth-order valence-electron chi connectivity index (χ4n) is 2.64. The summed E-state index contributed by atoms with van der Waals surface area (Å²) in [7, 11) is 0. The Morgan fingerprint density at radius 3 is 2.81 bits per heavy atom. The number of ether oxygens (including phenoxy) is 2. The van der Waals surface area contributed by atoms with E-state index in [4.69, 9.17) is 9.47 Å². The Balaban J connectivity index is 1.62. The Kier molecular flexibility index (Phi) is 4.41. The number of hydrogen-bond donors (Lipinski definition) is 1. The van der Waals surface area contributed by atoms with E-state index in [1.165, 1.54) is 5.56 Å². The maximum atomic E-state index is 10.4. The van der Waals surface area contributed by atoms with Gasteiger partial charge in [0.15, 0.2) is 0 Å². The third-order valence-electron chi connectivity index (χ3n) is 3.73. The minimum absolute atomic E-state index is 0.481. The predicted octanol–water partition coefficient (Wildman–Crippen LogP) is 3.51. The molecule has 3 heteroatoms. The van der Waals surface area contributed by atoms with Gasteiger partial charge >= 0.3 is 0 Å². The van der Waals surface area contributed by atoms with Gasteiger partial charge in [-0.25, -0.2) is 0 Å². The van der Waals surface area contributed by atoms with E-state index in [1.807, 2.05) is 42.5 Å². The summed E-state index contributed by atoms with van der Waals surface area (Å²) in [6.45, 7) is 1.21. The molecule has 3 rings (SSSR count). The second kappa shape index (κ2) is 6.64. The van der Waals surface area contributed by atoms with Crippen LogP contribution in [-0.2, 0) is 6.42 Å². The highest BCUT2D eigenvalue weighted by molar-refractivity contribution is 5.44. The molecule has 1 heterocycles. The van der Waals surface area contributed by atoms with Crippen molar-refractivity contribution < 1.29 is 14.6 Å². The highest BCUT2D eigenvalue weighted by atomic mass is 16.5. The van der Waals surface area contributed by atoms with Gasteiger partial charge in [0.05, 0.1) is 19.3 Å². The van der Waals surface area contributed by atoms with Gasteiger partial charge in [0, 0.05) is 12.0 Å². The lowest BCUT2D eigenvalue weighted by Crippen LogP contribution is -2.13. The Bertz CT molecular complexity index is 580. The monoisotopic (exact) mass is 284 g/mol. The van der Waals surface area contributed by atoms with Gasteiger partial charge in [-0.05, 0) is 30.5 Å². The van der Waals surface area contributed by atoms with Crippen LogP contribution < -0.4 is 9.47 Å². The Labute approximate surface area is 125 Å². The third kappa shape index (κ3) is 3.37. The number of aliphatic hydroxyl groups is 1. The first-order chi connectivity index (χ1) is 10.3. The minimum Gasteiger partial charge on any atom is -0.493 e. The Morgan fingerprint density at radius 1 is 1.10 bits per heavy atom. The van der Waals surface area contributed by atoms with Crippen LogP contribution in [0.15, 0.2) is 48.5 Å². The SMILES string of the molecule is OC(CCOc1ccccc1)c1cccc2c1OCCC2. The molecule has 1 unspecified atom stereocenters. The molecule has 110 valence electrons. The molecular formula is C18H20O3. The molecule has 1 aliphatic heterocycles. The maximum Gasteiger partial charge on any atom is 0.128 e. The lowest BCUT2D eigenvalue weighted by molar-refractivity contribution is 0.135. The molecule has 0 aliphatic carbocycles. The van der Waals surface area contributed by atoms with E-state index in [2.05, 4.69) is 6.07 Å². The molecule has 0 bridgehead atoms. The number of aliphatic hydroxyl groups excluding tert-OH is 1. The molecule has 1 atom stereocenters. The van der Waals surface area contributed by atoms with Crippen molar-refractivity contribution in [3.8, 4) is 11.5 Å². The third-order valence-corrected chi connectivity index (χ3v) is 3.73. The fourth-order valence-corrected chi connectivity index (χ4v) is 2.64. The molecule has 0 spiro atoms. The Hall–Kier alpha value is -2.00. The summed E-state index contributed by atoms with van der Waals surface area (Å²) < 4.78 is 11.4. The number of aryl methyl sites for hydroxylation is 1. The molecule has 0 amide bonds. The summed E-state index contributed by atoms with van der Waals surface area (Å²) in [4.78, 5) is 0. The van der Waals surface area contributed by atoms with E-state index in [-0.39, 0.29) is 0 Å². The van der Waals surface area contributed by atoms with Crippen molar-refractivity contribution in [1.82, 2.24) is 0 Å². The average molecular weight is 284 g/mol. The maximum absolute atomic E-state index is 10.4. The van der Waals surface area contributed by atoms with E-state index in [1.54, 1.807) is 0 Å². The topological polar surface area (TPSA) is 38.7 Å². The summed E-state index contributed by atoms with van der Waals surface area (Å²) >= 11 is 0. The zero-order chi connectivity index (χ0) is 14.5. The first kappa shape index (κ1) is 14.0. The lowest BCUT2D eigenvalue weighted by Gasteiger charge is -2.22. The van der Waals surface area contributed by atoms with Crippen LogP contribution in [0.2, 0.25) is 0 Å². The molecule has 3 nitrogen and oxygen atoms in total. The van der Waals surface area contributed by atoms with Gasteiger partial charge in [-0.2, -0.15) is 0 Å². The number of hydrogen-bond acceptors (Lipinski definition) is 3. The van der Waals surface area contributed by atoms with Crippen molar-refractivity contribution in [2.45, 2.75) is 25.4 Å². The second-order valence-corrected chi connectivity index (χ2v) is 5.25. The van der Waals surface area contributed by atoms with E-state index < -0.39 is 6.10 Å². The molecule has 1 aliphatic rings. The Morgan fingerprint density at radius 2 is 1.95 bits per heavy atom. The summed E-state index contributed by atoms with van der Waals surface area (Å²) in [5.74, 6) is 1.70. The normalized spacial score (nSPS) is 14.9. The van der Waals surface area contributed by atoms with Crippen LogP contribution in [0.3, 0.4) is 0 Å². The summed E-state index contributed by atoms with van der Waals surface area (Å²) in [5.41, 5.74) is 2.07. The molecule has 0 fully saturated rings. The smallest absolute Gasteiger partial charge is 0.128 e. The van der Waals surface area contributed by atoms with Crippen molar-refractivity contribution in [2.75, 3.05) is 13.2 Å². The molecule has 2 aromatic rings. The van der Waals surface area contributed by atoms with Gasteiger partial charge in [-0.1, -0.05) is 36.4 Å². The quantitative estimate of drug-likeness (QED) is 0.913. The molecule has 2 aromatic carbocycles. The standard InChI is InChI=1S/C18H20O3/c19-17(11-13-20-15-8-2-1-3-9-15)16-10-4-6-14-7-5-12-21-18(14)16/h1-4,6,8-10,17,19H,5,7,11-13H2. The van der Waals surface area contributed by atoms with E-state index in [9.17, 15) is 5.11 Å². The van der Waals surface area contributed by atoms with Gasteiger partial charge in [-0.3, -0.25) is 0 Å². The van der Waals surface area contributed by atoms with Crippen LogP contribution in [0.1, 0.15) is 30.1 Å². The summed E-state index contributed by atoms with van der Waals surface area (Å²) in [6, 6.07) is 15.7. The van der Waals surface area contributed by atoms with E-state index in [0.29, 0.717) is 13.0 Å². The molecule has 1 N–H and O–H groups in total. The van der Waals surface area contributed by atoms with Crippen molar-refractivity contribution in [2.24, 2.45) is 0 Å². The number of para-hydroxylation sites is 2. The van der Waals surface area contributed by atoms with Crippen molar-refractivity contribution in [3.63, 3.8) is 0 Å². The number of rotatable bonds is 5. The molecule has 21 heavy (non-hydrogen) atoms.